The van der Waals surface area contributed by atoms with Crippen LogP contribution in [0.5, 0.6) is 0 Å². The third-order valence-corrected chi connectivity index (χ3v) is 4.98. The highest BCUT2D eigenvalue weighted by molar-refractivity contribution is 5.80. The fourth-order valence-electron chi connectivity index (χ4n) is 2.84. The van der Waals surface area contributed by atoms with Gasteiger partial charge in [-0.1, -0.05) is 111 Å². The lowest BCUT2D eigenvalue weighted by Gasteiger charge is -2.27. The van der Waals surface area contributed by atoms with E-state index >= 15 is 0 Å². The standard InChI is InChI=1S/C10H13F.C10H14.C9H14N2O/c1-10(2,3)8-5-4-6-9(11)7-8;1-10(2,3)9-7-5-4-6-8-9;1-6-5-7(9(2,3)4)11-8(12)10-6/h4-7H,1-3H3;4-8H,1-3H3;5H,1H2,2-4H3,(H2,10,11,12). The van der Waals surface area contributed by atoms with Crippen LogP contribution in [-0.4, -0.2) is 6.03 Å². The van der Waals surface area contributed by atoms with Crippen LogP contribution < -0.4 is 10.6 Å². The summed E-state index contributed by atoms with van der Waals surface area (Å²) in [7, 11) is 0. The minimum atomic E-state index is -0.201. The molecule has 33 heavy (non-hydrogen) atoms. The summed E-state index contributed by atoms with van der Waals surface area (Å²) in [6, 6.07) is 17.1. The summed E-state index contributed by atoms with van der Waals surface area (Å²) >= 11 is 0. The molecule has 1 aliphatic rings. The molecule has 0 atom stereocenters. The van der Waals surface area contributed by atoms with Gasteiger partial charge in [-0.2, -0.15) is 0 Å². The maximum atomic E-state index is 12.7. The van der Waals surface area contributed by atoms with E-state index in [2.05, 4.69) is 89.1 Å². The van der Waals surface area contributed by atoms with E-state index in [9.17, 15) is 9.18 Å². The molecule has 0 unspecified atom stereocenters. The summed E-state index contributed by atoms with van der Waals surface area (Å²) in [6.45, 7) is 22.7. The molecule has 180 valence electrons. The van der Waals surface area contributed by atoms with Gasteiger partial charge in [-0.15, -0.1) is 0 Å². The van der Waals surface area contributed by atoms with Crippen LogP contribution in [0.2, 0.25) is 0 Å². The molecule has 1 heterocycles. The summed E-state index contributed by atoms with van der Waals surface area (Å²) in [5, 5.41) is 5.30. The first kappa shape index (κ1) is 28.2. The molecule has 3 nitrogen and oxygen atoms in total. The number of hydrogen-bond acceptors (Lipinski definition) is 1. The summed E-state index contributed by atoms with van der Waals surface area (Å²) in [4.78, 5) is 11.0. The molecule has 2 aromatic carbocycles. The Hall–Kier alpha value is -2.88. The topological polar surface area (TPSA) is 41.1 Å². The first-order valence-corrected chi connectivity index (χ1v) is 11.3. The van der Waals surface area contributed by atoms with Crippen molar-refractivity contribution in [3.05, 3.63) is 95.6 Å². The second kappa shape index (κ2) is 11.3. The highest BCUT2D eigenvalue weighted by Gasteiger charge is 2.22. The van der Waals surface area contributed by atoms with Gasteiger partial charge in [0.2, 0.25) is 0 Å². The van der Waals surface area contributed by atoms with Gasteiger partial charge in [0.05, 0.1) is 0 Å². The van der Waals surface area contributed by atoms with Gasteiger partial charge in [-0.3, -0.25) is 0 Å². The number of nitrogens with one attached hydrogen (secondary N) is 2. The van der Waals surface area contributed by atoms with E-state index in [1.807, 2.05) is 32.9 Å². The van der Waals surface area contributed by atoms with Crippen molar-refractivity contribution >= 4 is 6.03 Å². The molecule has 0 saturated carbocycles. The average molecular weight is 453 g/mol. The second-order valence-corrected chi connectivity index (χ2v) is 11.3. The van der Waals surface area contributed by atoms with Crippen LogP contribution in [0.1, 0.15) is 73.4 Å². The van der Waals surface area contributed by atoms with Crippen LogP contribution in [0.4, 0.5) is 9.18 Å². The van der Waals surface area contributed by atoms with Crippen LogP contribution in [0.15, 0.2) is 78.6 Å². The minimum Gasteiger partial charge on any atom is -0.311 e. The highest BCUT2D eigenvalue weighted by atomic mass is 19.1. The molecular formula is C29H41FN2O. The molecule has 4 heteroatoms. The van der Waals surface area contributed by atoms with E-state index in [-0.39, 0.29) is 22.7 Å². The third kappa shape index (κ3) is 10.5. The summed E-state index contributed by atoms with van der Waals surface area (Å²) in [5.74, 6) is -0.155. The Morgan fingerprint density at radius 3 is 1.58 bits per heavy atom. The number of urea groups is 1. The van der Waals surface area contributed by atoms with E-state index in [4.69, 9.17) is 0 Å². The van der Waals surface area contributed by atoms with E-state index in [1.54, 1.807) is 12.1 Å². The number of benzene rings is 2. The molecule has 2 amide bonds. The number of carbonyl (C=O) groups excluding carboxylic acids is 1. The molecule has 0 bridgehead atoms. The number of rotatable bonds is 0. The van der Waals surface area contributed by atoms with Gasteiger partial charge in [0, 0.05) is 16.8 Å². The summed E-state index contributed by atoms with van der Waals surface area (Å²) in [5.41, 5.74) is 4.27. The molecule has 0 aliphatic carbocycles. The van der Waals surface area contributed by atoms with Crippen molar-refractivity contribution in [1.29, 1.82) is 0 Å². The van der Waals surface area contributed by atoms with Crippen molar-refractivity contribution < 1.29 is 9.18 Å². The normalized spacial score (nSPS) is 13.9. The van der Waals surface area contributed by atoms with Gasteiger partial charge in [0.15, 0.2) is 0 Å². The van der Waals surface area contributed by atoms with Crippen LogP contribution >= 0.6 is 0 Å². The first-order chi connectivity index (χ1) is 15.0. The lowest BCUT2D eigenvalue weighted by Crippen LogP contribution is -2.41. The van der Waals surface area contributed by atoms with E-state index in [0.717, 1.165) is 11.3 Å². The van der Waals surface area contributed by atoms with Crippen LogP contribution in [0.25, 0.3) is 0 Å². The zero-order valence-corrected chi connectivity index (χ0v) is 21.8. The van der Waals surface area contributed by atoms with Gasteiger partial charge in [0.25, 0.3) is 0 Å². The minimum absolute atomic E-state index is 0.0410. The van der Waals surface area contributed by atoms with Crippen LogP contribution in [-0.2, 0) is 10.8 Å². The third-order valence-electron chi connectivity index (χ3n) is 4.98. The predicted molar refractivity (Wildman–Crippen MR) is 139 cm³/mol. The average Bonchev–Trinajstić information content (AvgIpc) is 2.67. The fourth-order valence-corrected chi connectivity index (χ4v) is 2.84. The zero-order chi connectivity index (χ0) is 25.4. The SMILES string of the molecule is C=C1C=C(C(C)(C)C)NC(=O)N1.CC(C)(C)c1cccc(F)c1.CC(C)(C)c1ccccc1. The maximum absolute atomic E-state index is 12.7. The Labute approximate surface area is 200 Å². The van der Waals surface area contributed by atoms with Crippen molar-refractivity contribution in [2.24, 2.45) is 5.41 Å². The predicted octanol–water partition coefficient (Wildman–Crippen LogP) is 7.85. The monoisotopic (exact) mass is 452 g/mol. The van der Waals surface area contributed by atoms with Crippen LogP contribution in [0.3, 0.4) is 0 Å². The molecule has 0 spiro atoms. The van der Waals surface area contributed by atoms with Crippen molar-refractivity contribution in [3.63, 3.8) is 0 Å². The van der Waals surface area contributed by atoms with Crippen LogP contribution in [0, 0.1) is 11.2 Å². The number of halogens is 1. The van der Waals surface area contributed by atoms with E-state index in [0.29, 0.717) is 11.1 Å². The molecule has 0 saturated heterocycles. The Kier molecular flexibility index (Phi) is 9.65. The van der Waals surface area contributed by atoms with Gasteiger partial charge in [-0.05, 0) is 40.2 Å². The Balaban J connectivity index is 0.000000249. The largest absolute Gasteiger partial charge is 0.323 e. The quantitative estimate of drug-likeness (QED) is 0.420. The van der Waals surface area contributed by atoms with E-state index < -0.39 is 0 Å². The smallest absolute Gasteiger partial charge is 0.311 e. The molecular weight excluding hydrogens is 411 g/mol. The van der Waals surface area contributed by atoms with Gasteiger partial charge in [0.1, 0.15) is 5.82 Å². The Morgan fingerprint density at radius 1 is 0.697 bits per heavy atom. The maximum Gasteiger partial charge on any atom is 0.323 e. The van der Waals surface area contributed by atoms with Gasteiger partial charge in [-0.25, -0.2) is 9.18 Å². The summed E-state index contributed by atoms with van der Waals surface area (Å²) in [6.07, 6.45) is 1.85. The van der Waals surface area contributed by atoms with E-state index in [1.165, 1.54) is 11.6 Å². The van der Waals surface area contributed by atoms with Crippen molar-refractivity contribution in [3.8, 4) is 0 Å². The number of allylic oxidation sites excluding steroid dienone is 2. The fraction of sp³-hybridized carbons (Fsp3) is 0.414. The molecule has 1 aliphatic heterocycles. The zero-order valence-electron chi connectivity index (χ0n) is 21.8. The molecule has 0 radical (unpaired) electrons. The number of carbonyl (C=O) groups is 1. The van der Waals surface area contributed by atoms with Crippen molar-refractivity contribution in [1.82, 2.24) is 10.6 Å². The lowest BCUT2D eigenvalue weighted by molar-refractivity contribution is 0.242. The first-order valence-electron chi connectivity index (χ1n) is 11.3. The number of amides is 2. The van der Waals surface area contributed by atoms with Crippen molar-refractivity contribution in [2.75, 3.05) is 0 Å². The second-order valence-electron chi connectivity index (χ2n) is 11.3. The molecule has 3 rings (SSSR count). The van der Waals surface area contributed by atoms with Gasteiger partial charge >= 0.3 is 6.03 Å². The molecule has 2 N–H and O–H groups in total. The lowest BCUT2D eigenvalue weighted by atomic mass is 9.87. The summed E-state index contributed by atoms with van der Waals surface area (Å²) < 4.78 is 12.7. The molecule has 2 aromatic rings. The Bertz CT molecular complexity index is 956. The molecule has 0 fully saturated rings. The van der Waals surface area contributed by atoms with Crippen molar-refractivity contribution in [2.45, 2.75) is 73.1 Å². The molecule has 0 aromatic heterocycles. The highest BCUT2D eigenvalue weighted by Crippen LogP contribution is 2.25. The van der Waals surface area contributed by atoms with Gasteiger partial charge < -0.3 is 10.6 Å². The number of hydrogen-bond donors (Lipinski definition) is 2. The Morgan fingerprint density at radius 2 is 1.21 bits per heavy atom.